The second-order valence-corrected chi connectivity index (χ2v) is 11.4. The number of hydrogen-bond acceptors (Lipinski definition) is 2. The van der Waals surface area contributed by atoms with Crippen LogP contribution in [0.3, 0.4) is 0 Å². The first-order chi connectivity index (χ1) is 19.0. The highest BCUT2D eigenvalue weighted by molar-refractivity contribution is 5.87. The molecule has 1 atom stereocenters. The smallest absolute Gasteiger partial charge is 0.133 e. The lowest BCUT2D eigenvalue weighted by Gasteiger charge is -2.12. The van der Waals surface area contributed by atoms with Crippen LogP contribution in [0.15, 0.2) is 83.0 Å². The van der Waals surface area contributed by atoms with E-state index in [1.54, 1.807) is 6.20 Å². The Morgan fingerprint density at radius 1 is 1.05 bits per heavy atom. The molecule has 0 amide bonds. The van der Waals surface area contributed by atoms with Crippen LogP contribution in [0.25, 0.3) is 5.57 Å². The van der Waals surface area contributed by atoms with Crippen LogP contribution in [0.2, 0.25) is 0 Å². The summed E-state index contributed by atoms with van der Waals surface area (Å²) < 4.78 is 14.6. The van der Waals surface area contributed by atoms with E-state index in [0.717, 1.165) is 42.0 Å². The first-order valence-corrected chi connectivity index (χ1v) is 14.9. The monoisotopic (exact) mass is 544 g/mol. The fraction of sp³-hybridized carbons (Fsp3) is 0.459. The molecule has 2 aromatic carbocycles. The number of halogens is 1. The first-order valence-electron chi connectivity index (χ1n) is 14.9. The molecule has 0 saturated carbocycles. The molecule has 0 N–H and O–H groups in total. The summed E-state index contributed by atoms with van der Waals surface area (Å²) in [5.74, 6) is 0.887. The maximum atomic E-state index is 14.6. The molecule has 0 bridgehead atoms. The van der Waals surface area contributed by atoms with Crippen molar-refractivity contribution in [2.75, 3.05) is 0 Å². The normalized spacial score (nSPS) is 14.8. The van der Waals surface area contributed by atoms with Gasteiger partial charge < -0.3 is 0 Å². The van der Waals surface area contributed by atoms with Gasteiger partial charge in [0.1, 0.15) is 5.82 Å². The molecule has 0 spiro atoms. The Bertz CT molecular complexity index is 1150. The molecule has 2 aromatic rings. The highest BCUT2D eigenvalue weighted by Crippen LogP contribution is 2.36. The average molecular weight is 545 g/mol. The molecule has 0 radical (unpaired) electrons. The van der Waals surface area contributed by atoms with Crippen molar-refractivity contribution in [1.29, 1.82) is 0 Å². The fourth-order valence-corrected chi connectivity index (χ4v) is 3.96. The van der Waals surface area contributed by atoms with Gasteiger partial charge in [-0.1, -0.05) is 110 Å². The second kappa shape index (κ2) is 18.3. The van der Waals surface area contributed by atoms with Gasteiger partial charge in [-0.05, 0) is 75.3 Å². The molecule has 218 valence electrons. The van der Waals surface area contributed by atoms with Gasteiger partial charge in [0.2, 0.25) is 0 Å². The molecule has 1 aliphatic rings. The Morgan fingerprint density at radius 3 is 2.17 bits per heavy atom. The van der Waals surface area contributed by atoms with Crippen molar-refractivity contribution in [1.82, 2.24) is 0 Å². The summed E-state index contributed by atoms with van der Waals surface area (Å²) in [6.07, 6.45) is 15.5. The van der Waals surface area contributed by atoms with E-state index in [9.17, 15) is 4.39 Å². The van der Waals surface area contributed by atoms with E-state index in [1.807, 2.05) is 39.0 Å². The number of aryl methyl sites for hydroxylation is 1. The molecule has 0 saturated heterocycles. The third-order valence-electron chi connectivity index (χ3n) is 7.08. The van der Waals surface area contributed by atoms with Gasteiger partial charge in [-0.25, -0.2) is 4.39 Å². The summed E-state index contributed by atoms with van der Waals surface area (Å²) in [6, 6.07) is 14.0. The van der Waals surface area contributed by atoms with Crippen molar-refractivity contribution < 1.29 is 4.39 Å². The van der Waals surface area contributed by atoms with Crippen molar-refractivity contribution in [2.24, 2.45) is 27.2 Å². The number of nitrogens with zero attached hydrogens (tertiary/aromatic N) is 2. The van der Waals surface area contributed by atoms with E-state index in [1.165, 1.54) is 24.5 Å². The fourth-order valence-electron chi connectivity index (χ4n) is 3.96. The molecule has 2 nitrogen and oxygen atoms in total. The Kier molecular flexibility index (Phi) is 16.0. The molecule has 0 aromatic heterocycles. The maximum Gasteiger partial charge on any atom is 0.133 e. The van der Waals surface area contributed by atoms with Gasteiger partial charge in [0.15, 0.2) is 0 Å². The summed E-state index contributed by atoms with van der Waals surface area (Å²) in [4.78, 5) is 8.44. The molecule has 0 fully saturated rings. The van der Waals surface area contributed by atoms with E-state index in [2.05, 4.69) is 101 Å². The third-order valence-corrected chi connectivity index (χ3v) is 7.08. The topological polar surface area (TPSA) is 24.7 Å². The zero-order chi connectivity index (χ0) is 30.1. The Hall–Kier alpha value is -3.07. The molecule has 3 heteroatoms. The quantitative estimate of drug-likeness (QED) is 0.153. The van der Waals surface area contributed by atoms with Crippen LogP contribution in [0.1, 0.15) is 97.8 Å². The van der Waals surface area contributed by atoms with Crippen LogP contribution in [0, 0.1) is 30.0 Å². The van der Waals surface area contributed by atoms with Gasteiger partial charge in [-0.3, -0.25) is 9.98 Å². The number of aliphatic imine (C=N–C) groups is 2. The molecule has 0 heterocycles. The van der Waals surface area contributed by atoms with Crippen molar-refractivity contribution in [3.05, 3.63) is 95.5 Å². The minimum atomic E-state index is -0.286. The Labute approximate surface area is 245 Å². The van der Waals surface area contributed by atoms with Crippen LogP contribution in [-0.2, 0) is 6.42 Å². The highest BCUT2D eigenvalue weighted by Gasteiger charge is 2.23. The van der Waals surface area contributed by atoms with Crippen molar-refractivity contribution in [2.45, 2.75) is 94.4 Å². The average Bonchev–Trinajstić information content (AvgIpc) is 3.67. The standard InChI is InChI=1S/C21H29FN2.C10H14.C6H10/c1-7-9-11-18(14-23-6)19-12-16(4)21(13-20(19)22)24-17(5)15(3)10-8-2;1-9(2)8-10-6-4-3-5-7-10;1-3-6(2)4-5-6/h9,11-15H,6-8,10H2,1-5H3;3-7,9H,8H2,1-2H3;4-5H,3H2,1-2H3/b11-9-,18-14+,24-17?;;. The van der Waals surface area contributed by atoms with Crippen LogP contribution < -0.4 is 0 Å². The van der Waals surface area contributed by atoms with E-state index in [-0.39, 0.29) is 5.82 Å². The number of allylic oxidation sites excluding steroid dienone is 5. The SMILES string of the molecule is C=N/C=C(\C=C/CC)c1cc(C)c(N=C(C)C(C)CCC)cc1F.CC(C)Cc1ccccc1.CCC1(C)C=C1. The third kappa shape index (κ3) is 13.3. The van der Waals surface area contributed by atoms with E-state index in [0.29, 0.717) is 22.6 Å². The van der Waals surface area contributed by atoms with Gasteiger partial charge in [0.25, 0.3) is 0 Å². The van der Waals surface area contributed by atoms with Gasteiger partial charge in [0.05, 0.1) is 5.69 Å². The number of rotatable bonds is 11. The van der Waals surface area contributed by atoms with E-state index in [4.69, 9.17) is 0 Å². The summed E-state index contributed by atoms with van der Waals surface area (Å²) in [5, 5.41) is 0. The Morgan fingerprint density at radius 2 is 1.70 bits per heavy atom. The predicted octanol–water partition coefficient (Wildman–Crippen LogP) is 11.5. The van der Waals surface area contributed by atoms with Crippen molar-refractivity contribution in [3.63, 3.8) is 0 Å². The molecule has 3 rings (SSSR count). The van der Waals surface area contributed by atoms with Crippen molar-refractivity contribution in [3.8, 4) is 0 Å². The predicted molar refractivity (Wildman–Crippen MR) is 177 cm³/mol. The first kappa shape index (κ1) is 35.0. The van der Waals surface area contributed by atoms with Crippen LogP contribution >= 0.6 is 0 Å². The second-order valence-electron chi connectivity index (χ2n) is 11.4. The Balaban J connectivity index is 0.000000402. The lowest BCUT2D eigenvalue weighted by atomic mass is 10.00. The molecule has 40 heavy (non-hydrogen) atoms. The molecular weight excluding hydrogens is 491 g/mol. The number of benzene rings is 2. The van der Waals surface area contributed by atoms with Crippen LogP contribution in [0.5, 0.6) is 0 Å². The molecular formula is C37H53FN2. The highest BCUT2D eigenvalue weighted by atomic mass is 19.1. The lowest BCUT2D eigenvalue weighted by Crippen LogP contribution is -2.06. The molecule has 1 aliphatic carbocycles. The molecule has 0 aliphatic heterocycles. The minimum Gasteiger partial charge on any atom is -0.272 e. The van der Waals surface area contributed by atoms with Crippen LogP contribution in [-0.4, -0.2) is 12.4 Å². The van der Waals surface area contributed by atoms with Crippen molar-refractivity contribution >= 4 is 23.7 Å². The summed E-state index contributed by atoms with van der Waals surface area (Å²) in [5.41, 5.74) is 5.93. The van der Waals surface area contributed by atoms with Gasteiger partial charge >= 0.3 is 0 Å². The van der Waals surface area contributed by atoms with E-state index < -0.39 is 0 Å². The van der Waals surface area contributed by atoms with Crippen LogP contribution in [0.4, 0.5) is 10.1 Å². The lowest BCUT2D eigenvalue weighted by molar-refractivity contribution is 0.615. The number of hydrogen-bond donors (Lipinski definition) is 0. The van der Waals surface area contributed by atoms with E-state index >= 15 is 0 Å². The van der Waals surface area contributed by atoms with Gasteiger partial charge in [-0.2, -0.15) is 0 Å². The molecule has 1 unspecified atom stereocenters. The summed E-state index contributed by atoms with van der Waals surface area (Å²) >= 11 is 0. The van der Waals surface area contributed by atoms with Gasteiger partial charge in [-0.15, -0.1) is 0 Å². The zero-order valence-corrected chi connectivity index (χ0v) is 26.6. The van der Waals surface area contributed by atoms with Gasteiger partial charge in [0, 0.05) is 34.5 Å². The summed E-state index contributed by atoms with van der Waals surface area (Å²) in [6.45, 7) is 22.7. The zero-order valence-electron chi connectivity index (χ0n) is 26.6. The minimum absolute atomic E-state index is 0.286. The summed E-state index contributed by atoms with van der Waals surface area (Å²) in [7, 11) is 0. The largest absolute Gasteiger partial charge is 0.272 e. The maximum absolute atomic E-state index is 14.6.